The molecule has 3 aromatic heterocycles. The third kappa shape index (κ3) is 6.06. The number of hydrogen-bond acceptors (Lipinski definition) is 4. The van der Waals surface area contributed by atoms with Crippen LogP contribution >= 0.6 is 0 Å². The molecule has 0 radical (unpaired) electrons. The van der Waals surface area contributed by atoms with Crippen molar-refractivity contribution in [1.29, 1.82) is 0 Å². The summed E-state index contributed by atoms with van der Waals surface area (Å²) in [4.78, 5) is 10.1. The van der Waals surface area contributed by atoms with Crippen LogP contribution in [0.25, 0.3) is 72.6 Å². The first kappa shape index (κ1) is 35.0. The highest BCUT2D eigenvalue weighted by atomic mass is 19.1. The summed E-state index contributed by atoms with van der Waals surface area (Å²) in [5.41, 5.74) is 11.1. The van der Waals surface area contributed by atoms with Gasteiger partial charge in [0.25, 0.3) is 0 Å². The molecule has 1 N–H and O–H groups in total. The van der Waals surface area contributed by atoms with E-state index in [-0.39, 0.29) is 28.8 Å². The van der Waals surface area contributed by atoms with E-state index in [2.05, 4.69) is 102 Å². The van der Waals surface area contributed by atoms with E-state index in [9.17, 15) is 5.11 Å². The topological polar surface area (TPSA) is 64.1 Å². The molecule has 0 aliphatic heterocycles. The maximum Gasteiger partial charge on any atom is 0.153 e. The maximum atomic E-state index is 16.8. The molecule has 0 aliphatic rings. The van der Waals surface area contributed by atoms with Gasteiger partial charge in [-0.2, -0.15) is 0 Å². The van der Waals surface area contributed by atoms with Crippen LogP contribution in [0.4, 0.5) is 4.39 Å². The molecule has 0 saturated carbocycles. The predicted octanol–water partition coefficient (Wildman–Crippen LogP) is 13.2. The van der Waals surface area contributed by atoms with Gasteiger partial charge in [-0.1, -0.05) is 103 Å². The fourth-order valence-electron chi connectivity index (χ4n) is 7.55. The molecule has 0 spiro atoms. The molecule has 270 valence electrons. The Bertz CT molecular complexity index is 2650. The van der Waals surface area contributed by atoms with Crippen molar-refractivity contribution < 1.29 is 13.9 Å². The average Bonchev–Trinajstić information content (AvgIpc) is 3.79. The molecule has 0 bridgehead atoms. The molecule has 0 atom stereocenters. The van der Waals surface area contributed by atoms with Crippen molar-refractivity contribution in [3.63, 3.8) is 0 Å². The molecular formula is C48H44FN3O2. The Morgan fingerprint density at radius 1 is 0.704 bits per heavy atom. The lowest BCUT2D eigenvalue weighted by Gasteiger charge is -2.23. The number of hydrogen-bond donors (Lipinski definition) is 1. The molecule has 6 heteroatoms. The van der Waals surface area contributed by atoms with E-state index in [4.69, 9.17) is 14.4 Å². The Hall–Kier alpha value is -6.01. The van der Waals surface area contributed by atoms with Crippen LogP contribution in [-0.4, -0.2) is 19.6 Å². The van der Waals surface area contributed by atoms with Crippen molar-refractivity contribution in [2.45, 2.75) is 65.7 Å². The normalized spacial score (nSPS) is 12.1. The van der Waals surface area contributed by atoms with Gasteiger partial charge in [0.15, 0.2) is 5.82 Å². The highest BCUT2D eigenvalue weighted by molar-refractivity contribution is 6.01. The maximum absolute atomic E-state index is 16.8. The lowest BCUT2D eigenvalue weighted by molar-refractivity contribution is 0.476. The number of nitrogens with zero attached hydrogens (tertiary/aromatic N) is 3. The van der Waals surface area contributed by atoms with Gasteiger partial charge in [-0.15, -0.1) is 0 Å². The summed E-state index contributed by atoms with van der Waals surface area (Å²) in [6.45, 7) is 15.2. The number of fused-ring (bicyclic) bond motifs is 2. The third-order valence-corrected chi connectivity index (χ3v) is 10.4. The van der Waals surface area contributed by atoms with Crippen LogP contribution in [-0.2, 0) is 5.41 Å². The molecule has 5 nitrogen and oxygen atoms in total. The molecule has 0 aliphatic carbocycles. The van der Waals surface area contributed by atoms with Gasteiger partial charge in [-0.05, 0) is 105 Å². The second-order valence-corrected chi connectivity index (χ2v) is 15.8. The first-order valence-corrected chi connectivity index (χ1v) is 18.6. The van der Waals surface area contributed by atoms with E-state index >= 15 is 4.39 Å². The number of pyridine rings is 1. The minimum atomic E-state index is -0.386. The summed E-state index contributed by atoms with van der Waals surface area (Å²) in [5, 5.41) is 12.4. The summed E-state index contributed by atoms with van der Waals surface area (Å²) in [5.74, 6) is 0.465. The van der Waals surface area contributed by atoms with Gasteiger partial charge in [-0.25, -0.2) is 9.37 Å². The fraction of sp³-hybridized carbons (Fsp3) is 0.208. The molecule has 54 heavy (non-hydrogen) atoms. The summed E-state index contributed by atoms with van der Waals surface area (Å²) in [6.07, 6.45) is 3.45. The van der Waals surface area contributed by atoms with Crippen molar-refractivity contribution in [3.05, 3.63) is 144 Å². The van der Waals surface area contributed by atoms with Gasteiger partial charge >= 0.3 is 0 Å². The minimum Gasteiger partial charge on any atom is -0.507 e. The second-order valence-electron chi connectivity index (χ2n) is 15.8. The molecule has 8 rings (SSSR count). The Morgan fingerprint density at radius 3 is 2.13 bits per heavy atom. The van der Waals surface area contributed by atoms with Crippen molar-refractivity contribution in [1.82, 2.24) is 14.5 Å². The Kier molecular flexibility index (Phi) is 8.72. The largest absolute Gasteiger partial charge is 0.507 e. The van der Waals surface area contributed by atoms with E-state index in [1.165, 1.54) is 6.07 Å². The zero-order chi connectivity index (χ0) is 37.9. The smallest absolute Gasteiger partial charge is 0.153 e. The first-order chi connectivity index (χ1) is 25.9. The van der Waals surface area contributed by atoms with Crippen LogP contribution in [0.5, 0.6) is 5.75 Å². The van der Waals surface area contributed by atoms with Crippen LogP contribution in [0.1, 0.15) is 77.0 Å². The SMILES string of the molecule is CC(C)c1cccc(C(C)C)c1-n1c(-c2c(O)ccc3ccoc23)nc2c(-c3cc(-c4cc(-c5ccccc5)ccn4)cc(C(C)(C)C)c3)c(F)ccc21. The molecule has 5 aromatic carbocycles. The number of aromatic hydroxyl groups is 1. The second kappa shape index (κ2) is 13.4. The van der Waals surface area contributed by atoms with Crippen LogP contribution in [0.3, 0.4) is 0 Å². The van der Waals surface area contributed by atoms with Crippen molar-refractivity contribution in [3.8, 4) is 56.3 Å². The number of imidazole rings is 1. The Labute approximate surface area is 315 Å². The van der Waals surface area contributed by atoms with E-state index in [0.29, 0.717) is 33.6 Å². The van der Waals surface area contributed by atoms with Crippen molar-refractivity contribution in [2.24, 2.45) is 0 Å². The van der Waals surface area contributed by atoms with E-state index in [1.54, 1.807) is 12.3 Å². The lowest BCUT2D eigenvalue weighted by atomic mass is 9.83. The number of furan rings is 1. The Balaban J connectivity index is 1.47. The number of benzene rings is 5. The molecule has 3 heterocycles. The van der Waals surface area contributed by atoms with Gasteiger partial charge in [0.05, 0.1) is 23.2 Å². The van der Waals surface area contributed by atoms with Gasteiger partial charge in [0, 0.05) is 22.7 Å². The van der Waals surface area contributed by atoms with E-state index < -0.39 is 0 Å². The highest BCUT2D eigenvalue weighted by Gasteiger charge is 2.28. The number of rotatable bonds is 7. The minimum absolute atomic E-state index is 0.0329. The lowest BCUT2D eigenvalue weighted by Crippen LogP contribution is -2.11. The number of aromatic nitrogens is 3. The van der Waals surface area contributed by atoms with Gasteiger partial charge in [0.1, 0.15) is 28.2 Å². The number of phenols is 1. The summed E-state index contributed by atoms with van der Waals surface area (Å²) < 4.78 is 24.9. The highest BCUT2D eigenvalue weighted by Crippen LogP contribution is 2.45. The average molecular weight is 714 g/mol. The fourth-order valence-corrected chi connectivity index (χ4v) is 7.55. The molecule has 8 aromatic rings. The number of halogens is 1. The summed E-state index contributed by atoms with van der Waals surface area (Å²) >= 11 is 0. The monoisotopic (exact) mass is 713 g/mol. The quantitative estimate of drug-likeness (QED) is 0.179. The van der Waals surface area contributed by atoms with Crippen molar-refractivity contribution >= 4 is 22.0 Å². The van der Waals surface area contributed by atoms with E-state index in [0.717, 1.165) is 55.7 Å². The zero-order valence-electron chi connectivity index (χ0n) is 31.8. The molecule has 0 saturated heterocycles. The predicted molar refractivity (Wildman–Crippen MR) is 219 cm³/mol. The van der Waals surface area contributed by atoms with Crippen LogP contribution in [0, 0.1) is 5.82 Å². The summed E-state index contributed by atoms with van der Waals surface area (Å²) in [6, 6.07) is 35.7. The van der Waals surface area contributed by atoms with Crippen LogP contribution < -0.4 is 0 Å². The number of phenolic OH excluding ortho intramolecular Hbond substituents is 1. The first-order valence-electron chi connectivity index (χ1n) is 18.6. The van der Waals surface area contributed by atoms with E-state index in [1.807, 2.05) is 54.7 Å². The van der Waals surface area contributed by atoms with Crippen molar-refractivity contribution in [2.75, 3.05) is 0 Å². The number of para-hydroxylation sites is 1. The third-order valence-electron chi connectivity index (χ3n) is 10.4. The zero-order valence-corrected chi connectivity index (χ0v) is 31.8. The standard InChI is InChI=1S/C48H44FN3O2/c1-28(2)36-14-11-15-37(29(3)4)45(36)52-40-18-17-38(49)42(44(40)51-47(52)43-41(53)19-16-31-21-23-54-46(31)43)34-24-33(25-35(26-34)48(5,6)7)39-27-32(20-22-50-39)30-12-9-8-10-13-30/h8-29,53H,1-7H3. The van der Waals surface area contributed by atoms with Gasteiger partial charge in [0.2, 0.25) is 0 Å². The molecular weight excluding hydrogens is 670 g/mol. The summed E-state index contributed by atoms with van der Waals surface area (Å²) in [7, 11) is 0. The molecule has 0 unspecified atom stereocenters. The van der Waals surface area contributed by atoms with Gasteiger partial charge < -0.3 is 9.52 Å². The molecule has 0 amide bonds. The van der Waals surface area contributed by atoms with Crippen LogP contribution in [0.15, 0.2) is 126 Å². The van der Waals surface area contributed by atoms with Crippen LogP contribution in [0.2, 0.25) is 0 Å². The molecule has 0 fully saturated rings. The Morgan fingerprint density at radius 2 is 1.43 bits per heavy atom. The van der Waals surface area contributed by atoms with Gasteiger partial charge in [-0.3, -0.25) is 9.55 Å².